The zero-order valence-corrected chi connectivity index (χ0v) is 21.9. The summed E-state index contributed by atoms with van der Waals surface area (Å²) in [6, 6.07) is 9.38. The predicted molar refractivity (Wildman–Crippen MR) is 148 cm³/mol. The maximum absolute atomic E-state index is 12.4. The smallest absolute Gasteiger partial charge is 0.407 e. The van der Waals surface area contributed by atoms with Crippen LogP contribution in [0.2, 0.25) is 0 Å². The highest BCUT2D eigenvalue weighted by Crippen LogP contribution is 2.32. The van der Waals surface area contributed by atoms with Crippen LogP contribution < -0.4 is 21.7 Å². The highest BCUT2D eigenvalue weighted by atomic mass is 35.5. The summed E-state index contributed by atoms with van der Waals surface area (Å²) in [5.74, 6) is 1.44. The molecule has 2 heterocycles. The monoisotopic (exact) mass is 526 g/mol. The molecule has 4 rings (SSSR count). The number of pyridine rings is 2. The summed E-state index contributed by atoms with van der Waals surface area (Å²) in [5.41, 5.74) is 8.64. The average molecular weight is 527 g/mol. The van der Waals surface area contributed by atoms with Gasteiger partial charge in [-0.1, -0.05) is 12.1 Å². The first-order valence-corrected chi connectivity index (χ1v) is 12.5. The number of benzene rings is 1. The summed E-state index contributed by atoms with van der Waals surface area (Å²) in [5, 5.41) is 10.1. The molecule has 2 aromatic heterocycles. The molecule has 1 saturated carbocycles. The third-order valence-corrected chi connectivity index (χ3v) is 6.73. The number of nitrogens with one attached hydrogen (secondary N) is 3. The van der Waals surface area contributed by atoms with Gasteiger partial charge in [-0.25, -0.2) is 14.6 Å². The summed E-state index contributed by atoms with van der Waals surface area (Å²) in [6.45, 7) is 3.84. The van der Waals surface area contributed by atoms with Crippen LogP contribution in [0, 0.1) is 11.8 Å². The summed E-state index contributed by atoms with van der Waals surface area (Å²) >= 11 is 0. The first kappa shape index (κ1) is 28.1. The summed E-state index contributed by atoms with van der Waals surface area (Å²) in [4.78, 5) is 33.0. The number of aromatic nitrogens is 2. The van der Waals surface area contributed by atoms with Crippen molar-refractivity contribution in [2.45, 2.75) is 39.2 Å². The van der Waals surface area contributed by atoms with Crippen LogP contribution in [0.5, 0.6) is 0 Å². The van der Waals surface area contributed by atoms with Crippen molar-refractivity contribution < 1.29 is 14.3 Å². The van der Waals surface area contributed by atoms with E-state index in [1.807, 2.05) is 37.3 Å². The van der Waals surface area contributed by atoms with Gasteiger partial charge in [-0.05, 0) is 91.3 Å². The summed E-state index contributed by atoms with van der Waals surface area (Å²) in [6.07, 6.45) is 9.08. The Hall–Kier alpha value is -3.43. The third kappa shape index (κ3) is 7.53. The molecule has 9 nitrogen and oxygen atoms in total. The minimum atomic E-state index is -0.426. The van der Waals surface area contributed by atoms with Crippen LogP contribution in [-0.4, -0.2) is 41.8 Å². The number of carbonyl (C=O) groups excluding carboxylic acids is 2. The predicted octanol–water partition coefficient (Wildman–Crippen LogP) is 4.85. The van der Waals surface area contributed by atoms with Gasteiger partial charge < -0.3 is 21.1 Å². The number of alkyl carbamates (subject to hydrolysis) is 1. The molecule has 0 radical (unpaired) electrons. The number of rotatable bonds is 8. The molecule has 3 aromatic rings. The lowest BCUT2D eigenvalue weighted by molar-refractivity contribution is 0.109. The Morgan fingerprint density at radius 2 is 1.76 bits per heavy atom. The minimum Gasteiger partial charge on any atom is -0.449 e. The quantitative estimate of drug-likeness (QED) is 0.332. The Balaban J connectivity index is 0.00000380. The van der Waals surface area contributed by atoms with Gasteiger partial charge in [0.1, 0.15) is 5.82 Å². The SMILES string of the molecule is CCNC(=O)Nc1cc2c(-c3ccncc3)ccc(CNC(=O)OC[C@H]3CC[C@H](CN)CC3)c2cn1.Cl. The van der Waals surface area contributed by atoms with Gasteiger partial charge in [0.15, 0.2) is 0 Å². The molecule has 0 saturated heterocycles. The topological polar surface area (TPSA) is 131 Å². The number of urea groups is 1. The van der Waals surface area contributed by atoms with Crippen LogP contribution in [0.1, 0.15) is 38.2 Å². The van der Waals surface area contributed by atoms with Gasteiger partial charge in [-0.2, -0.15) is 0 Å². The van der Waals surface area contributed by atoms with Crippen LogP contribution in [-0.2, 0) is 11.3 Å². The molecule has 0 spiro atoms. The van der Waals surface area contributed by atoms with Crippen LogP contribution in [0.3, 0.4) is 0 Å². The zero-order valence-electron chi connectivity index (χ0n) is 21.0. The molecule has 5 N–H and O–H groups in total. The van der Waals surface area contributed by atoms with Crippen LogP contribution >= 0.6 is 12.4 Å². The van der Waals surface area contributed by atoms with E-state index in [1.165, 1.54) is 0 Å². The van der Waals surface area contributed by atoms with Crippen molar-refractivity contribution in [1.82, 2.24) is 20.6 Å². The van der Waals surface area contributed by atoms with Gasteiger partial charge in [0.25, 0.3) is 0 Å². The van der Waals surface area contributed by atoms with Gasteiger partial charge in [-0.3, -0.25) is 10.3 Å². The molecule has 0 bridgehead atoms. The van der Waals surface area contributed by atoms with Crippen molar-refractivity contribution in [1.29, 1.82) is 0 Å². The molecule has 1 aromatic carbocycles. The number of nitrogens with zero attached hydrogens (tertiary/aromatic N) is 2. The standard InChI is InChI=1S/C27H34N6O3.ClH/c1-2-30-26(34)33-25-13-23-22(20-9-11-29-12-10-20)8-7-21(24(23)16-31-25)15-32-27(35)36-17-19-5-3-18(14-28)4-6-19;/h7-13,16,18-19H,2-6,14-15,17,28H2,1H3,(H,32,35)(H2,30,31,33,34);1H/t18-,19-;. The Kier molecular flexibility index (Phi) is 10.5. The molecule has 3 amide bonds. The fraction of sp³-hybridized carbons (Fsp3) is 0.407. The molecule has 10 heteroatoms. The van der Waals surface area contributed by atoms with E-state index in [-0.39, 0.29) is 18.4 Å². The third-order valence-electron chi connectivity index (χ3n) is 6.73. The fourth-order valence-electron chi connectivity index (χ4n) is 4.67. The second-order valence-corrected chi connectivity index (χ2v) is 9.18. The van der Waals surface area contributed by atoms with Crippen molar-refractivity contribution >= 4 is 41.1 Å². The Morgan fingerprint density at radius 1 is 1.03 bits per heavy atom. The molecule has 0 aliphatic heterocycles. The first-order valence-electron chi connectivity index (χ1n) is 12.5. The number of halogens is 1. The van der Waals surface area contributed by atoms with Gasteiger partial charge in [0.05, 0.1) is 6.61 Å². The van der Waals surface area contributed by atoms with Gasteiger partial charge >= 0.3 is 12.1 Å². The van der Waals surface area contributed by atoms with Gasteiger partial charge in [-0.15, -0.1) is 12.4 Å². The molecule has 1 aliphatic carbocycles. The first-order chi connectivity index (χ1) is 17.6. The molecule has 0 atom stereocenters. The van der Waals surface area contributed by atoms with Gasteiger partial charge in [0, 0.05) is 37.1 Å². The van der Waals surface area contributed by atoms with E-state index in [2.05, 4.69) is 25.9 Å². The van der Waals surface area contributed by atoms with Crippen LogP contribution in [0.4, 0.5) is 15.4 Å². The zero-order chi connectivity index (χ0) is 25.3. The summed E-state index contributed by atoms with van der Waals surface area (Å²) < 4.78 is 5.50. The number of hydrogen-bond donors (Lipinski definition) is 4. The lowest BCUT2D eigenvalue weighted by Crippen LogP contribution is -2.29. The Bertz CT molecular complexity index is 1190. The Morgan fingerprint density at radius 3 is 2.46 bits per heavy atom. The largest absolute Gasteiger partial charge is 0.449 e. The van der Waals surface area contributed by atoms with E-state index >= 15 is 0 Å². The van der Waals surface area contributed by atoms with Crippen LogP contribution in [0.25, 0.3) is 21.9 Å². The van der Waals surface area contributed by atoms with E-state index in [9.17, 15) is 9.59 Å². The number of carbonyl (C=O) groups is 2. The number of anilines is 1. The molecule has 1 aliphatic rings. The number of hydrogen-bond acceptors (Lipinski definition) is 6. The molecule has 0 unspecified atom stereocenters. The van der Waals surface area contributed by atoms with Crippen molar-refractivity contribution in [2.24, 2.45) is 17.6 Å². The maximum atomic E-state index is 12.4. The van der Waals surface area contributed by atoms with E-state index < -0.39 is 6.09 Å². The highest BCUT2D eigenvalue weighted by Gasteiger charge is 2.21. The lowest BCUT2D eigenvalue weighted by atomic mass is 9.82. The fourth-order valence-corrected chi connectivity index (χ4v) is 4.67. The van der Waals surface area contributed by atoms with Gasteiger partial charge in [0.2, 0.25) is 0 Å². The van der Waals surface area contributed by atoms with Crippen LogP contribution in [0.15, 0.2) is 48.9 Å². The minimum absolute atomic E-state index is 0. The number of fused-ring (bicyclic) bond motifs is 1. The van der Waals surface area contributed by atoms with Crippen molar-refractivity contribution in [3.8, 4) is 11.1 Å². The summed E-state index contributed by atoms with van der Waals surface area (Å²) in [7, 11) is 0. The van der Waals surface area contributed by atoms with E-state index in [1.54, 1.807) is 18.6 Å². The Labute approximate surface area is 223 Å². The molecule has 1 fully saturated rings. The van der Waals surface area contributed by atoms with E-state index in [4.69, 9.17) is 10.5 Å². The second kappa shape index (κ2) is 13.8. The van der Waals surface area contributed by atoms with E-state index in [0.717, 1.165) is 59.7 Å². The highest BCUT2D eigenvalue weighted by molar-refractivity contribution is 6.00. The second-order valence-electron chi connectivity index (χ2n) is 9.18. The number of nitrogens with two attached hydrogens (primary N) is 1. The molecule has 37 heavy (non-hydrogen) atoms. The van der Waals surface area contributed by atoms with Crippen molar-refractivity contribution in [2.75, 3.05) is 25.0 Å². The average Bonchev–Trinajstić information content (AvgIpc) is 2.91. The molecular weight excluding hydrogens is 492 g/mol. The van der Waals surface area contributed by atoms with Crippen molar-refractivity contribution in [3.05, 3.63) is 54.5 Å². The number of ether oxygens (including phenoxy) is 1. The normalized spacial score (nSPS) is 16.9. The lowest BCUT2D eigenvalue weighted by Gasteiger charge is -2.27. The molecule has 198 valence electrons. The maximum Gasteiger partial charge on any atom is 0.407 e. The number of amides is 3. The molecular formula is C27H35ClN6O3. The van der Waals surface area contributed by atoms with Crippen molar-refractivity contribution in [3.63, 3.8) is 0 Å². The van der Waals surface area contributed by atoms with E-state index in [0.29, 0.717) is 37.4 Å².